The van der Waals surface area contributed by atoms with Crippen LogP contribution in [0.15, 0.2) is 24.3 Å². The molecule has 1 aromatic heterocycles. The SMILES string of the molecule is Cc1nc(N)nc(N)c1CCC1(c2ccc(C(F)(F)F)cc2)CC1. The summed E-state index contributed by atoms with van der Waals surface area (Å²) in [5, 5.41) is 0. The lowest BCUT2D eigenvalue weighted by molar-refractivity contribution is -0.137. The quantitative estimate of drug-likeness (QED) is 0.894. The first-order valence-corrected chi connectivity index (χ1v) is 7.77. The van der Waals surface area contributed by atoms with Crippen LogP contribution in [0.5, 0.6) is 0 Å². The third kappa shape index (κ3) is 3.16. The zero-order valence-electron chi connectivity index (χ0n) is 13.3. The maximum absolute atomic E-state index is 12.7. The van der Waals surface area contributed by atoms with Gasteiger partial charge in [0.15, 0.2) is 0 Å². The number of benzene rings is 1. The molecule has 0 unspecified atom stereocenters. The Kier molecular flexibility index (Phi) is 3.89. The fourth-order valence-electron chi connectivity index (χ4n) is 3.16. The molecule has 0 spiro atoms. The molecule has 1 heterocycles. The van der Waals surface area contributed by atoms with Gasteiger partial charge >= 0.3 is 6.18 Å². The summed E-state index contributed by atoms with van der Waals surface area (Å²) in [6.07, 6.45) is -0.891. The molecule has 1 aliphatic rings. The molecule has 0 radical (unpaired) electrons. The number of nitrogen functional groups attached to an aromatic ring is 2. The van der Waals surface area contributed by atoms with Crippen molar-refractivity contribution in [2.24, 2.45) is 0 Å². The van der Waals surface area contributed by atoms with Gasteiger partial charge in [0.25, 0.3) is 0 Å². The van der Waals surface area contributed by atoms with Gasteiger partial charge in [0.1, 0.15) is 5.82 Å². The highest BCUT2D eigenvalue weighted by atomic mass is 19.4. The predicted molar refractivity (Wildman–Crippen MR) is 86.3 cm³/mol. The minimum atomic E-state index is -4.30. The first kappa shape index (κ1) is 16.5. The summed E-state index contributed by atoms with van der Waals surface area (Å²) >= 11 is 0. The molecule has 1 aliphatic carbocycles. The Bertz CT molecular complexity index is 726. The van der Waals surface area contributed by atoms with Crippen LogP contribution in [0.1, 0.15) is 41.6 Å². The maximum atomic E-state index is 12.7. The van der Waals surface area contributed by atoms with E-state index in [9.17, 15) is 13.2 Å². The molecule has 7 heteroatoms. The van der Waals surface area contributed by atoms with Gasteiger partial charge in [0.05, 0.1) is 5.56 Å². The second kappa shape index (κ2) is 5.65. The number of aryl methyl sites for hydroxylation is 1. The average molecular weight is 336 g/mol. The van der Waals surface area contributed by atoms with E-state index in [4.69, 9.17) is 11.5 Å². The van der Waals surface area contributed by atoms with Crippen molar-refractivity contribution in [2.75, 3.05) is 11.5 Å². The Labute approximate surface area is 138 Å². The molecule has 0 aliphatic heterocycles. The molecular formula is C17H19F3N4. The molecule has 0 amide bonds. The molecule has 1 saturated carbocycles. The number of rotatable bonds is 4. The van der Waals surface area contributed by atoms with Gasteiger partial charge in [-0.3, -0.25) is 0 Å². The zero-order chi connectivity index (χ0) is 17.5. The first-order chi connectivity index (χ1) is 11.2. The van der Waals surface area contributed by atoms with Crippen LogP contribution >= 0.6 is 0 Å². The minimum Gasteiger partial charge on any atom is -0.383 e. The lowest BCUT2D eigenvalue weighted by Gasteiger charge is -2.18. The van der Waals surface area contributed by atoms with Gasteiger partial charge in [-0.15, -0.1) is 0 Å². The summed E-state index contributed by atoms with van der Waals surface area (Å²) in [7, 11) is 0. The summed E-state index contributed by atoms with van der Waals surface area (Å²) in [6, 6.07) is 5.49. The largest absolute Gasteiger partial charge is 0.416 e. The number of hydrogen-bond donors (Lipinski definition) is 2. The number of nitrogens with zero attached hydrogens (tertiary/aromatic N) is 2. The van der Waals surface area contributed by atoms with Crippen LogP contribution in [-0.4, -0.2) is 9.97 Å². The van der Waals surface area contributed by atoms with Gasteiger partial charge in [0, 0.05) is 11.3 Å². The molecule has 1 aromatic carbocycles. The van der Waals surface area contributed by atoms with Gasteiger partial charge in [-0.05, 0) is 55.7 Å². The molecule has 0 saturated heterocycles. The highest BCUT2D eigenvalue weighted by Crippen LogP contribution is 2.52. The molecular weight excluding hydrogens is 317 g/mol. The summed E-state index contributed by atoms with van der Waals surface area (Å²) in [4.78, 5) is 8.11. The third-order valence-electron chi connectivity index (χ3n) is 4.79. The maximum Gasteiger partial charge on any atom is 0.416 e. The zero-order valence-corrected chi connectivity index (χ0v) is 13.3. The molecule has 2 aromatic rings. The molecule has 0 bridgehead atoms. The Morgan fingerprint density at radius 2 is 1.71 bits per heavy atom. The highest BCUT2D eigenvalue weighted by Gasteiger charge is 2.44. The Balaban J connectivity index is 1.76. The number of halogens is 3. The van der Waals surface area contributed by atoms with Crippen LogP contribution in [0, 0.1) is 6.92 Å². The van der Waals surface area contributed by atoms with Gasteiger partial charge < -0.3 is 11.5 Å². The molecule has 0 atom stereocenters. The smallest absolute Gasteiger partial charge is 0.383 e. The van der Waals surface area contributed by atoms with E-state index < -0.39 is 11.7 Å². The van der Waals surface area contributed by atoms with E-state index in [0.717, 1.165) is 48.2 Å². The summed E-state index contributed by atoms with van der Waals surface area (Å²) < 4.78 is 38.1. The monoisotopic (exact) mass is 336 g/mol. The average Bonchev–Trinajstić information content (AvgIpc) is 3.26. The van der Waals surface area contributed by atoms with E-state index in [1.165, 1.54) is 0 Å². The van der Waals surface area contributed by atoms with Gasteiger partial charge in [0.2, 0.25) is 5.95 Å². The Hall–Kier alpha value is -2.31. The minimum absolute atomic E-state index is 0.0651. The van der Waals surface area contributed by atoms with E-state index in [2.05, 4.69) is 9.97 Å². The van der Waals surface area contributed by atoms with Crippen molar-refractivity contribution in [1.29, 1.82) is 0 Å². The molecule has 4 N–H and O–H groups in total. The lowest BCUT2D eigenvalue weighted by Crippen LogP contribution is -2.13. The van der Waals surface area contributed by atoms with Gasteiger partial charge in [-0.25, -0.2) is 4.98 Å². The summed E-state index contributed by atoms with van der Waals surface area (Å²) in [5.74, 6) is 0.529. The lowest BCUT2D eigenvalue weighted by atomic mass is 9.88. The van der Waals surface area contributed by atoms with E-state index in [0.29, 0.717) is 12.2 Å². The number of anilines is 2. The molecule has 24 heavy (non-hydrogen) atoms. The van der Waals surface area contributed by atoms with Crippen molar-refractivity contribution in [3.63, 3.8) is 0 Å². The topological polar surface area (TPSA) is 77.8 Å². The Morgan fingerprint density at radius 1 is 1.08 bits per heavy atom. The van der Waals surface area contributed by atoms with Crippen molar-refractivity contribution in [1.82, 2.24) is 9.97 Å². The van der Waals surface area contributed by atoms with Crippen molar-refractivity contribution >= 4 is 11.8 Å². The van der Waals surface area contributed by atoms with E-state index in [-0.39, 0.29) is 11.4 Å². The molecule has 3 rings (SSSR count). The standard InChI is InChI=1S/C17H19F3N4/c1-10-13(14(21)24-15(22)23-10)6-7-16(8-9-16)11-2-4-12(5-3-11)17(18,19)20/h2-5H,6-9H2,1H3,(H4,21,22,23,24). The molecule has 4 nitrogen and oxygen atoms in total. The molecule has 128 valence electrons. The van der Waals surface area contributed by atoms with E-state index in [1.54, 1.807) is 12.1 Å². The number of aromatic nitrogens is 2. The van der Waals surface area contributed by atoms with Crippen molar-refractivity contribution < 1.29 is 13.2 Å². The second-order valence-corrected chi connectivity index (χ2v) is 6.39. The van der Waals surface area contributed by atoms with Gasteiger partial charge in [-0.2, -0.15) is 18.2 Å². The first-order valence-electron chi connectivity index (χ1n) is 7.77. The number of alkyl halides is 3. The number of nitrogens with two attached hydrogens (primary N) is 2. The van der Waals surface area contributed by atoms with Crippen LogP contribution in [0.25, 0.3) is 0 Å². The van der Waals surface area contributed by atoms with Crippen molar-refractivity contribution in [3.05, 3.63) is 46.6 Å². The van der Waals surface area contributed by atoms with E-state index >= 15 is 0 Å². The third-order valence-corrected chi connectivity index (χ3v) is 4.79. The predicted octanol–water partition coefficient (Wildman–Crippen LogP) is 3.63. The van der Waals surface area contributed by atoms with Crippen LogP contribution in [0.3, 0.4) is 0 Å². The summed E-state index contributed by atoms with van der Waals surface area (Å²) in [5.41, 5.74) is 13.4. The Morgan fingerprint density at radius 3 is 2.21 bits per heavy atom. The fourth-order valence-corrected chi connectivity index (χ4v) is 3.16. The normalized spacial score (nSPS) is 16.2. The van der Waals surface area contributed by atoms with Crippen LogP contribution in [0.4, 0.5) is 24.9 Å². The van der Waals surface area contributed by atoms with Crippen molar-refractivity contribution in [3.8, 4) is 0 Å². The molecule has 1 fully saturated rings. The van der Waals surface area contributed by atoms with Crippen molar-refractivity contribution in [2.45, 2.75) is 44.2 Å². The number of hydrogen-bond acceptors (Lipinski definition) is 4. The van der Waals surface area contributed by atoms with Crippen LogP contribution < -0.4 is 11.5 Å². The fraction of sp³-hybridized carbons (Fsp3) is 0.412. The highest BCUT2D eigenvalue weighted by molar-refractivity contribution is 5.46. The van der Waals surface area contributed by atoms with Gasteiger partial charge in [-0.1, -0.05) is 12.1 Å². The van der Waals surface area contributed by atoms with Crippen LogP contribution in [-0.2, 0) is 18.0 Å². The summed E-state index contributed by atoms with van der Waals surface area (Å²) in [6.45, 7) is 1.83. The second-order valence-electron chi connectivity index (χ2n) is 6.39. The van der Waals surface area contributed by atoms with Crippen LogP contribution in [0.2, 0.25) is 0 Å². The van der Waals surface area contributed by atoms with E-state index in [1.807, 2.05) is 6.92 Å².